The summed E-state index contributed by atoms with van der Waals surface area (Å²) in [6.45, 7) is 0.270. The lowest BCUT2D eigenvalue weighted by Gasteiger charge is -2.09. The van der Waals surface area contributed by atoms with Crippen LogP contribution in [-0.2, 0) is 22.8 Å². The Kier molecular flexibility index (Phi) is 8.69. The normalized spacial score (nSPS) is 10.9. The number of rotatable bonds is 10. The van der Waals surface area contributed by atoms with Crippen LogP contribution in [0.5, 0.6) is 23.0 Å². The van der Waals surface area contributed by atoms with Crippen LogP contribution in [0.15, 0.2) is 130 Å². The molecule has 0 aliphatic carbocycles. The van der Waals surface area contributed by atoms with Crippen LogP contribution in [0.2, 0.25) is 0 Å². The molecule has 4 aromatic rings. The predicted molar refractivity (Wildman–Crippen MR) is 131 cm³/mol. The number of benzene rings is 4. The van der Waals surface area contributed by atoms with Crippen molar-refractivity contribution in [3.8, 4) is 23.0 Å². The molecule has 0 amide bonds. The summed E-state index contributed by atoms with van der Waals surface area (Å²) < 4.78 is 11.7. The van der Waals surface area contributed by atoms with Gasteiger partial charge in [-0.1, -0.05) is 72.8 Å². The quantitative estimate of drug-likeness (QED) is 0.169. The first-order valence-electron chi connectivity index (χ1n) is 11.0. The van der Waals surface area contributed by atoms with Gasteiger partial charge in [0.25, 0.3) is 0 Å². The van der Waals surface area contributed by atoms with Crippen molar-refractivity contribution in [2.24, 2.45) is 20.8 Å². The molecule has 0 aliphatic heterocycles. The zero-order valence-electron chi connectivity index (χ0n) is 19.1. The molecule has 0 saturated heterocycles. The number of nitrogens with zero attached hydrogens (tertiary/aromatic N) is 4. The fourth-order valence-electron chi connectivity index (χ4n) is 3.05. The molecule has 9 nitrogen and oxygen atoms in total. The van der Waals surface area contributed by atoms with E-state index in [1.165, 1.54) is 0 Å². The van der Waals surface area contributed by atoms with Crippen LogP contribution in [-0.4, -0.2) is 6.16 Å². The maximum absolute atomic E-state index is 11.7. The largest absolute Gasteiger partial charge is 0.565 e. The lowest BCUT2D eigenvalue weighted by atomic mass is 10.2. The van der Waals surface area contributed by atoms with Crippen molar-refractivity contribution in [1.29, 1.82) is 0 Å². The Labute approximate surface area is 207 Å². The highest BCUT2D eigenvalue weighted by molar-refractivity contribution is 5.59. The molecule has 0 N–H and O–H groups in total. The zero-order chi connectivity index (χ0) is 24.8. The van der Waals surface area contributed by atoms with Gasteiger partial charge >= 0.3 is 6.16 Å². The molecule has 0 fully saturated rings. The van der Waals surface area contributed by atoms with Gasteiger partial charge in [-0.2, -0.15) is 4.79 Å². The van der Waals surface area contributed by atoms with Gasteiger partial charge in [0.1, 0.15) is 23.0 Å². The zero-order valence-corrected chi connectivity index (χ0v) is 19.1. The van der Waals surface area contributed by atoms with E-state index in [0.717, 1.165) is 11.1 Å². The molecule has 0 saturated carbocycles. The van der Waals surface area contributed by atoms with Gasteiger partial charge in [-0.25, -0.2) is 0 Å². The minimum Gasteiger partial charge on any atom is -0.457 e. The van der Waals surface area contributed by atoms with E-state index < -0.39 is 6.16 Å². The Morgan fingerprint density at radius 3 is 1.36 bits per heavy atom. The highest BCUT2D eigenvalue weighted by Crippen LogP contribution is 2.26. The second kappa shape index (κ2) is 13.0. The van der Waals surface area contributed by atoms with E-state index in [9.17, 15) is 4.79 Å². The summed E-state index contributed by atoms with van der Waals surface area (Å²) in [5.74, 6) is 2.63. The van der Waals surface area contributed by atoms with Crippen LogP contribution in [0.25, 0.3) is 0 Å². The summed E-state index contributed by atoms with van der Waals surface area (Å²) in [6, 6.07) is 33.4. The maximum atomic E-state index is 11.7. The second-order valence-corrected chi connectivity index (χ2v) is 7.24. The highest BCUT2D eigenvalue weighted by atomic mass is 16.9. The van der Waals surface area contributed by atoms with E-state index in [1.807, 2.05) is 109 Å². The molecule has 9 heteroatoms. The molecule has 4 aromatic carbocycles. The standard InChI is InChI=1S/C27H22N4O5/c32-27(35-30-28-19-21-11-7-9-17-25(21)33-23-13-3-1-4-14-23)36-31-29-20-22-12-8-10-18-26(22)34-24-15-5-2-6-16-24/h1-18H,19-20H2. The second-order valence-electron chi connectivity index (χ2n) is 7.24. The fourth-order valence-corrected chi connectivity index (χ4v) is 3.05. The van der Waals surface area contributed by atoms with E-state index in [0.29, 0.717) is 23.0 Å². The Morgan fingerprint density at radius 1 is 0.528 bits per heavy atom. The van der Waals surface area contributed by atoms with Gasteiger partial charge in [0.2, 0.25) is 0 Å². The lowest BCUT2D eigenvalue weighted by Crippen LogP contribution is -1.98. The van der Waals surface area contributed by atoms with E-state index in [4.69, 9.17) is 9.47 Å². The average Bonchev–Trinajstić information content (AvgIpc) is 2.92. The van der Waals surface area contributed by atoms with Crippen LogP contribution < -0.4 is 9.47 Å². The molecule has 180 valence electrons. The Hall–Kier alpha value is -5.05. The van der Waals surface area contributed by atoms with Crippen LogP contribution in [0.4, 0.5) is 4.79 Å². The first-order chi connectivity index (χ1) is 17.8. The minimum atomic E-state index is -1.16. The van der Waals surface area contributed by atoms with Crippen LogP contribution in [0.3, 0.4) is 0 Å². The summed E-state index contributed by atoms with van der Waals surface area (Å²) in [4.78, 5) is 20.8. The molecule has 0 unspecified atom stereocenters. The Bertz CT molecular complexity index is 1210. The molecule has 0 radical (unpaired) electrons. The molecule has 0 aliphatic rings. The van der Waals surface area contributed by atoms with E-state index >= 15 is 0 Å². The Morgan fingerprint density at radius 2 is 0.917 bits per heavy atom. The lowest BCUT2D eigenvalue weighted by molar-refractivity contribution is 0.0455. The number of hydrogen-bond acceptors (Lipinski definition) is 9. The summed E-state index contributed by atoms with van der Waals surface area (Å²) in [5.41, 5.74) is 1.52. The van der Waals surface area contributed by atoms with E-state index in [2.05, 4.69) is 30.5 Å². The molecule has 36 heavy (non-hydrogen) atoms. The molecule has 0 bridgehead atoms. The molecule has 4 rings (SSSR count). The third-order valence-electron chi connectivity index (χ3n) is 4.72. The fraction of sp³-hybridized carbons (Fsp3) is 0.0741. The van der Waals surface area contributed by atoms with Crippen molar-refractivity contribution in [1.82, 2.24) is 0 Å². The first-order valence-corrected chi connectivity index (χ1v) is 11.0. The highest BCUT2D eigenvalue weighted by Gasteiger charge is 2.07. The molecular weight excluding hydrogens is 460 g/mol. The van der Waals surface area contributed by atoms with Crippen LogP contribution in [0.1, 0.15) is 11.1 Å². The summed E-state index contributed by atoms with van der Waals surface area (Å²) >= 11 is 0. The van der Waals surface area contributed by atoms with Crippen LogP contribution in [0, 0.1) is 0 Å². The molecule has 0 spiro atoms. The Balaban J connectivity index is 1.23. The molecule has 0 heterocycles. The molecular formula is C27H22N4O5. The van der Waals surface area contributed by atoms with Gasteiger partial charge in [-0.3, -0.25) is 9.68 Å². The molecule has 0 aromatic heterocycles. The smallest absolute Gasteiger partial charge is 0.457 e. The summed E-state index contributed by atoms with van der Waals surface area (Å²) in [5, 5.41) is 14.5. The van der Waals surface area contributed by atoms with Crippen LogP contribution >= 0.6 is 0 Å². The minimum absolute atomic E-state index is 0.135. The van der Waals surface area contributed by atoms with Crippen molar-refractivity contribution < 1.29 is 23.9 Å². The van der Waals surface area contributed by atoms with Crippen molar-refractivity contribution in [3.05, 3.63) is 120 Å². The van der Waals surface area contributed by atoms with Gasteiger partial charge < -0.3 is 9.47 Å². The predicted octanol–water partition coefficient (Wildman–Crippen LogP) is 7.86. The SMILES string of the molecule is O=C(ON=NCc1ccccc1Oc1ccccc1)ON=NCc1ccccc1Oc1ccccc1. The third-order valence-corrected chi connectivity index (χ3v) is 4.72. The number of para-hydroxylation sites is 4. The number of ether oxygens (including phenoxy) is 2. The van der Waals surface area contributed by atoms with Gasteiger partial charge in [0.15, 0.2) is 0 Å². The van der Waals surface area contributed by atoms with Crippen molar-refractivity contribution in [3.63, 3.8) is 0 Å². The van der Waals surface area contributed by atoms with E-state index in [1.54, 1.807) is 0 Å². The van der Waals surface area contributed by atoms with Gasteiger partial charge in [-0.05, 0) is 36.4 Å². The number of hydrogen-bond donors (Lipinski definition) is 0. The number of carbonyl (C=O) groups is 1. The average molecular weight is 482 g/mol. The van der Waals surface area contributed by atoms with Gasteiger partial charge in [0, 0.05) is 21.7 Å². The maximum Gasteiger partial charge on any atom is 0.565 e. The van der Waals surface area contributed by atoms with E-state index in [-0.39, 0.29) is 13.1 Å². The molecule has 0 atom stereocenters. The van der Waals surface area contributed by atoms with Crippen molar-refractivity contribution in [2.75, 3.05) is 0 Å². The first kappa shape index (κ1) is 24.1. The summed E-state index contributed by atoms with van der Waals surface area (Å²) in [6.07, 6.45) is -1.16. The summed E-state index contributed by atoms with van der Waals surface area (Å²) in [7, 11) is 0. The van der Waals surface area contributed by atoms with Gasteiger partial charge in [0.05, 0.1) is 13.1 Å². The monoisotopic (exact) mass is 482 g/mol. The van der Waals surface area contributed by atoms with Crippen molar-refractivity contribution in [2.45, 2.75) is 13.1 Å². The topological polar surface area (TPSA) is 103 Å². The van der Waals surface area contributed by atoms with Gasteiger partial charge in [-0.15, -0.1) is 10.2 Å². The number of carbonyl (C=O) groups excluding carboxylic acids is 1. The van der Waals surface area contributed by atoms with Crippen molar-refractivity contribution >= 4 is 6.16 Å². The third kappa shape index (κ3) is 7.49.